The molecule has 0 spiro atoms. The number of hydrogen-bond donors (Lipinski definition) is 1. The van der Waals surface area contributed by atoms with E-state index in [-0.39, 0.29) is 30.9 Å². The summed E-state index contributed by atoms with van der Waals surface area (Å²) in [5, 5.41) is 0. The highest BCUT2D eigenvalue weighted by Crippen LogP contribution is 2.27. The second-order valence-corrected chi connectivity index (χ2v) is 6.49. The van der Waals surface area contributed by atoms with Crippen LogP contribution in [0.4, 0.5) is 0 Å². The average Bonchev–Trinajstić information content (AvgIpc) is 2.90. The molecule has 23 heavy (non-hydrogen) atoms. The van der Waals surface area contributed by atoms with Crippen molar-refractivity contribution >= 4 is 30.7 Å². The fourth-order valence-electron chi connectivity index (χ4n) is 3.68. The molecule has 1 aliphatic heterocycles. The van der Waals surface area contributed by atoms with Gasteiger partial charge in [-0.25, -0.2) is 0 Å². The lowest BCUT2D eigenvalue weighted by atomic mass is 9.98. The van der Waals surface area contributed by atoms with Crippen LogP contribution < -0.4 is 5.73 Å². The van der Waals surface area contributed by atoms with Crippen LogP contribution in [0.2, 0.25) is 0 Å². The molecule has 7 heteroatoms. The smallest absolute Gasteiger partial charge is 0.223 e. The third kappa shape index (κ3) is 6.39. The van der Waals surface area contributed by atoms with E-state index in [0.29, 0.717) is 24.3 Å². The van der Waals surface area contributed by atoms with Crippen molar-refractivity contribution in [1.29, 1.82) is 0 Å². The number of halogens is 2. The van der Waals surface area contributed by atoms with Crippen molar-refractivity contribution in [3.05, 3.63) is 0 Å². The average molecular weight is 370 g/mol. The molecule has 2 aliphatic rings. The number of methoxy groups -OCH3 is 1. The van der Waals surface area contributed by atoms with E-state index >= 15 is 0 Å². The maximum Gasteiger partial charge on any atom is 0.223 e. The second kappa shape index (κ2) is 11.5. The molecular weight excluding hydrogens is 337 g/mol. The van der Waals surface area contributed by atoms with Crippen molar-refractivity contribution in [2.24, 2.45) is 11.7 Å². The van der Waals surface area contributed by atoms with Gasteiger partial charge in [0.05, 0.1) is 6.61 Å². The molecule has 0 aromatic carbocycles. The van der Waals surface area contributed by atoms with Crippen LogP contribution in [0.15, 0.2) is 0 Å². The third-order valence-electron chi connectivity index (χ3n) is 5.17. The molecule has 1 saturated heterocycles. The van der Waals surface area contributed by atoms with Crippen molar-refractivity contribution in [3.63, 3.8) is 0 Å². The van der Waals surface area contributed by atoms with E-state index in [1.165, 1.54) is 6.42 Å². The molecule has 0 aromatic heterocycles. The highest BCUT2D eigenvalue weighted by molar-refractivity contribution is 5.85. The number of carbonyl (C=O) groups is 1. The first kappa shape index (κ1) is 22.9. The van der Waals surface area contributed by atoms with E-state index in [4.69, 9.17) is 10.5 Å². The molecule has 1 heterocycles. The predicted octanol–water partition coefficient (Wildman–Crippen LogP) is 1.92. The molecule has 1 saturated carbocycles. The minimum atomic E-state index is 0. The number of nitrogens with zero attached hydrogens (tertiary/aromatic N) is 2. The van der Waals surface area contributed by atoms with Crippen LogP contribution in [0.3, 0.4) is 0 Å². The number of nitrogens with two attached hydrogens (primary N) is 1. The van der Waals surface area contributed by atoms with Crippen LogP contribution >= 0.6 is 24.8 Å². The van der Waals surface area contributed by atoms with Gasteiger partial charge in [-0.15, -0.1) is 24.8 Å². The maximum absolute atomic E-state index is 12.5. The van der Waals surface area contributed by atoms with Gasteiger partial charge in [0.1, 0.15) is 0 Å². The Kier molecular flexibility index (Phi) is 11.4. The Morgan fingerprint density at radius 3 is 2.57 bits per heavy atom. The van der Waals surface area contributed by atoms with E-state index in [0.717, 1.165) is 52.0 Å². The zero-order valence-electron chi connectivity index (χ0n) is 14.4. The molecular formula is C16H33Cl2N3O2. The molecule has 1 amide bonds. The summed E-state index contributed by atoms with van der Waals surface area (Å²) in [6.45, 7) is 6.60. The van der Waals surface area contributed by atoms with Gasteiger partial charge in [0.15, 0.2) is 0 Å². The van der Waals surface area contributed by atoms with Crippen LogP contribution in [0.25, 0.3) is 0 Å². The van der Waals surface area contributed by atoms with Crippen LogP contribution in [0.1, 0.15) is 39.0 Å². The lowest BCUT2D eigenvalue weighted by molar-refractivity contribution is -0.135. The van der Waals surface area contributed by atoms with Gasteiger partial charge < -0.3 is 15.4 Å². The predicted molar refractivity (Wildman–Crippen MR) is 98.5 cm³/mol. The molecule has 2 N–H and O–H groups in total. The molecule has 138 valence electrons. The standard InChI is InChI=1S/C16H31N3O2.2ClH/c1-3-14-12-19(8-7-18(14)9-10-21-2)16(20)11-13-5-4-6-15(13)17;;/h13-15H,3-12,17H2,1-2H3;2*1H/t13-,14?,15+;;/m0../s1. The molecule has 2 rings (SSSR count). The van der Waals surface area contributed by atoms with Gasteiger partial charge in [0.25, 0.3) is 0 Å². The summed E-state index contributed by atoms with van der Waals surface area (Å²) < 4.78 is 5.18. The quantitative estimate of drug-likeness (QED) is 0.776. The van der Waals surface area contributed by atoms with Crippen LogP contribution in [0.5, 0.6) is 0 Å². The molecule has 1 unspecified atom stereocenters. The topological polar surface area (TPSA) is 58.8 Å². The summed E-state index contributed by atoms with van der Waals surface area (Å²) in [6.07, 6.45) is 5.12. The molecule has 5 nitrogen and oxygen atoms in total. The number of ether oxygens (including phenoxy) is 1. The van der Waals surface area contributed by atoms with Crippen molar-refractivity contribution in [2.45, 2.75) is 51.1 Å². The Hall–Kier alpha value is -0.0700. The van der Waals surface area contributed by atoms with Crippen LogP contribution in [0, 0.1) is 5.92 Å². The molecule has 0 aromatic rings. The van der Waals surface area contributed by atoms with Gasteiger partial charge in [-0.1, -0.05) is 13.3 Å². The number of hydrogen-bond acceptors (Lipinski definition) is 4. The first-order valence-corrected chi connectivity index (χ1v) is 8.42. The molecule has 0 bridgehead atoms. The SMILES string of the molecule is CCC1CN(C(=O)C[C@@H]2CCC[C@H]2N)CCN1CCOC.Cl.Cl. The Morgan fingerprint density at radius 2 is 2.00 bits per heavy atom. The Bertz CT molecular complexity index is 347. The van der Waals surface area contributed by atoms with Gasteiger partial charge in [-0.05, 0) is 25.2 Å². The maximum atomic E-state index is 12.5. The number of rotatable bonds is 6. The zero-order valence-corrected chi connectivity index (χ0v) is 16.0. The van der Waals surface area contributed by atoms with Crippen molar-refractivity contribution in [3.8, 4) is 0 Å². The normalized spacial score (nSPS) is 28.1. The fourth-order valence-corrected chi connectivity index (χ4v) is 3.68. The van der Waals surface area contributed by atoms with Crippen molar-refractivity contribution in [1.82, 2.24) is 9.80 Å². The van der Waals surface area contributed by atoms with E-state index in [1.807, 2.05) is 0 Å². The van der Waals surface area contributed by atoms with Crippen LogP contribution in [-0.2, 0) is 9.53 Å². The van der Waals surface area contributed by atoms with E-state index in [2.05, 4.69) is 16.7 Å². The van der Waals surface area contributed by atoms with Crippen molar-refractivity contribution in [2.75, 3.05) is 39.9 Å². The lowest BCUT2D eigenvalue weighted by Crippen LogP contribution is -2.55. The van der Waals surface area contributed by atoms with Gasteiger partial charge in [-0.2, -0.15) is 0 Å². The lowest BCUT2D eigenvalue weighted by Gasteiger charge is -2.41. The first-order chi connectivity index (χ1) is 10.2. The highest BCUT2D eigenvalue weighted by Gasteiger charge is 2.31. The number of piperazine rings is 1. The molecule has 2 fully saturated rings. The summed E-state index contributed by atoms with van der Waals surface area (Å²) >= 11 is 0. The minimum absolute atomic E-state index is 0. The monoisotopic (exact) mass is 369 g/mol. The van der Waals surface area contributed by atoms with E-state index in [1.54, 1.807) is 7.11 Å². The summed E-state index contributed by atoms with van der Waals surface area (Å²) in [6, 6.07) is 0.703. The number of amides is 1. The third-order valence-corrected chi connectivity index (χ3v) is 5.17. The second-order valence-electron chi connectivity index (χ2n) is 6.49. The van der Waals surface area contributed by atoms with E-state index < -0.39 is 0 Å². The summed E-state index contributed by atoms with van der Waals surface area (Å²) in [5.41, 5.74) is 6.09. The Morgan fingerprint density at radius 1 is 1.26 bits per heavy atom. The molecule has 1 aliphatic carbocycles. The van der Waals surface area contributed by atoms with E-state index in [9.17, 15) is 4.79 Å². The number of carbonyl (C=O) groups excluding carboxylic acids is 1. The van der Waals surface area contributed by atoms with Gasteiger partial charge in [0, 0.05) is 51.8 Å². The fraction of sp³-hybridized carbons (Fsp3) is 0.938. The highest BCUT2D eigenvalue weighted by atomic mass is 35.5. The summed E-state index contributed by atoms with van der Waals surface area (Å²) in [7, 11) is 1.74. The zero-order chi connectivity index (χ0) is 15.2. The van der Waals surface area contributed by atoms with Crippen LogP contribution in [-0.4, -0.2) is 67.7 Å². The van der Waals surface area contributed by atoms with Gasteiger partial charge in [-0.3, -0.25) is 9.69 Å². The van der Waals surface area contributed by atoms with Crippen molar-refractivity contribution < 1.29 is 9.53 Å². The minimum Gasteiger partial charge on any atom is -0.383 e. The largest absolute Gasteiger partial charge is 0.383 e. The molecule has 0 radical (unpaired) electrons. The molecule has 3 atom stereocenters. The van der Waals surface area contributed by atoms with Gasteiger partial charge >= 0.3 is 0 Å². The first-order valence-electron chi connectivity index (χ1n) is 8.42. The Balaban J connectivity index is 0.00000242. The summed E-state index contributed by atoms with van der Waals surface area (Å²) in [4.78, 5) is 17.0. The Labute approximate surface area is 153 Å². The van der Waals surface area contributed by atoms with Gasteiger partial charge in [0.2, 0.25) is 5.91 Å². The summed E-state index contributed by atoms with van der Waals surface area (Å²) in [5.74, 6) is 0.714.